The minimum absolute atomic E-state index is 0.156. The Morgan fingerprint density at radius 1 is 1.25 bits per heavy atom. The standard InChI is InChI=1S/C17H23FN2/c1-3-10-20-11-4-5-17(20)13-19-9-8-15-6-7-16(18)12-14(15)2/h4-7,11-12,19H,3,8-10,13H2,1-2H3. The first-order valence-corrected chi connectivity index (χ1v) is 7.30. The van der Waals surface area contributed by atoms with Crippen LogP contribution in [0.4, 0.5) is 4.39 Å². The van der Waals surface area contributed by atoms with Gasteiger partial charge in [0.15, 0.2) is 0 Å². The fourth-order valence-electron chi connectivity index (χ4n) is 2.45. The molecule has 2 rings (SSSR count). The number of nitrogens with one attached hydrogen (secondary N) is 1. The molecule has 1 aromatic carbocycles. The van der Waals surface area contributed by atoms with Crippen molar-refractivity contribution in [3.05, 3.63) is 59.2 Å². The van der Waals surface area contributed by atoms with Gasteiger partial charge in [0.1, 0.15) is 5.82 Å². The molecule has 108 valence electrons. The van der Waals surface area contributed by atoms with Crippen molar-refractivity contribution in [1.29, 1.82) is 0 Å². The molecule has 0 aliphatic heterocycles. The monoisotopic (exact) mass is 274 g/mol. The van der Waals surface area contributed by atoms with E-state index in [4.69, 9.17) is 0 Å². The molecule has 0 aliphatic rings. The zero-order chi connectivity index (χ0) is 14.4. The predicted octanol–water partition coefficient (Wildman–Crippen LogP) is 3.68. The van der Waals surface area contributed by atoms with Crippen molar-refractivity contribution in [2.24, 2.45) is 0 Å². The highest BCUT2D eigenvalue weighted by atomic mass is 19.1. The third kappa shape index (κ3) is 3.94. The number of benzene rings is 1. The highest BCUT2D eigenvalue weighted by Crippen LogP contribution is 2.10. The van der Waals surface area contributed by atoms with Crippen molar-refractivity contribution in [3.8, 4) is 0 Å². The van der Waals surface area contributed by atoms with Crippen LogP contribution in [0, 0.1) is 12.7 Å². The fraction of sp³-hybridized carbons (Fsp3) is 0.412. The molecule has 0 aliphatic carbocycles. The van der Waals surface area contributed by atoms with Gasteiger partial charge >= 0.3 is 0 Å². The van der Waals surface area contributed by atoms with Crippen molar-refractivity contribution < 1.29 is 4.39 Å². The van der Waals surface area contributed by atoms with E-state index in [2.05, 4.69) is 35.1 Å². The van der Waals surface area contributed by atoms with Crippen LogP contribution >= 0.6 is 0 Å². The third-order valence-corrected chi connectivity index (χ3v) is 3.57. The van der Waals surface area contributed by atoms with E-state index in [0.717, 1.165) is 38.0 Å². The van der Waals surface area contributed by atoms with E-state index >= 15 is 0 Å². The van der Waals surface area contributed by atoms with Gasteiger partial charge in [-0.05, 0) is 61.7 Å². The number of halogens is 1. The van der Waals surface area contributed by atoms with Gasteiger partial charge in [-0.3, -0.25) is 0 Å². The summed E-state index contributed by atoms with van der Waals surface area (Å²) in [6.07, 6.45) is 4.21. The first kappa shape index (κ1) is 14.8. The third-order valence-electron chi connectivity index (χ3n) is 3.57. The molecule has 1 N–H and O–H groups in total. The highest BCUT2D eigenvalue weighted by Gasteiger charge is 2.02. The van der Waals surface area contributed by atoms with Crippen LogP contribution in [-0.4, -0.2) is 11.1 Å². The Bertz CT molecular complexity index is 546. The van der Waals surface area contributed by atoms with E-state index in [0.29, 0.717) is 0 Å². The molecule has 1 heterocycles. The minimum atomic E-state index is -0.156. The predicted molar refractivity (Wildman–Crippen MR) is 81.3 cm³/mol. The molecule has 3 heteroatoms. The van der Waals surface area contributed by atoms with Gasteiger partial charge in [-0.25, -0.2) is 4.39 Å². The quantitative estimate of drug-likeness (QED) is 0.762. The summed E-state index contributed by atoms with van der Waals surface area (Å²) in [5.74, 6) is -0.156. The molecule has 20 heavy (non-hydrogen) atoms. The van der Waals surface area contributed by atoms with E-state index in [1.165, 1.54) is 17.3 Å². The maximum Gasteiger partial charge on any atom is 0.123 e. The lowest BCUT2D eigenvalue weighted by Crippen LogP contribution is -2.19. The van der Waals surface area contributed by atoms with Gasteiger partial charge in [0, 0.05) is 25.0 Å². The Balaban J connectivity index is 1.80. The molecular weight excluding hydrogens is 251 g/mol. The molecule has 0 atom stereocenters. The van der Waals surface area contributed by atoms with E-state index in [1.54, 1.807) is 6.07 Å². The second kappa shape index (κ2) is 7.25. The SMILES string of the molecule is CCCn1cccc1CNCCc1ccc(F)cc1C. The Labute approximate surface area is 120 Å². The summed E-state index contributed by atoms with van der Waals surface area (Å²) >= 11 is 0. The van der Waals surface area contributed by atoms with Gasteiger partial charge in [-0.15, -0.1) is 0 Å². The lowest BCUT2D eigenvalue weighted by atomic mass is 10.1. The van der Waals surface area contributed by atoms with Gasteiger partial charge in [-0.2, -0.15) is 0 Å². The average Bonchev–Trinajstić information content (AvgIpc) is 2.85. The van der Waals surface area contributed by atoms with Gasteiger partial charge < -0.3 is 9.88 Å². The van der Waals surface area contributed by atoms with Gasteiger partial charge in [0.05, 0.1) is 0 Å². The van der Waals surface area contributed by atoms with E-state index in [-0.39, 0.29) is 5.82 Å². The molecule has 2 nitrogen and oxygen atoms in total. The number of hydrogen-bond donors (Lipinski definition) is 1. The van der Waals surface area contributed by atoms with Crippen LogP contribution in [0.5, 0.6) is 0 Å². The Morgan fingerprint density at radius 2 is 2.10 bits per heavy atom. The number of aryl methyl sites for hydroxylation is 2. The molecule has 0 saturated heterocycles. The van der Waals surface area contributed by atoms with Crippen LogP contribution in [0.2, 0.25) is 0 Å². The summed E-state index contributed by atoms with van der Waals surface area (Å²) in [4.78, 5) is 0. The first-order chi connectivity index (χ1) is 9.70. The summed E-state index contributed by atoms with van der Waals surface area (Å²) in [6.45, 7) is 7.01. The Hall–Kier alpha value is -1.61. The fourth-order valence-corrected chi connectivity index (χ4v) is 2.45. The van der Waals surface area contributed by atoms with Crippen LogP contribution in [-0.2, 0) is 19.5 Å². The van der Waals surface area contributed by atoms with Gasteiger partial charge in [0.2, 0.25) is 0 Å². The van der Waals surface area contributed by atoms with Crippen molar-refractivity contribution in [2.75, 3.05) is 6.54 Å². The van der Waals surface area contributed by atoms with Crippen LogP contribution in [0.15, 0.2) is 36.5 Å². The van der Waals surface area contributed by atoms with Gasteiger partial charge in [-0.1, -0.05) is 13.0 Å². The maximum absolute atomic E-state index is 13.0. The summed E-state index contributed by atoms with van der Waals surface area (Å²) < 4.78 is 15.3. The summed E-state index contributed by atoms with van der Waals surface area (Å²) in [7, 11) is 0. The Kier molecular flexibility index (Phi) is 5.36. The second-order valence-electron chi connectivity index (χ2n) is 5.19. The molecule has 0 bridgehead atoms. The molecule has 0 fully saturated rings. The van der Waals surface area contributed by atoms with Crippen LogP contribution < -0.4 is 5.32 Å². The van der Waals surface area contributed by atoms with Crippen molar-refractivity contribution >= 4 is 0 Å². The normalized spacial score (nSPS) is 10.9. The van der Waals surface area contributed by atoms with Crippen molar-refractivity contribution in [2.45, 2.75) is 39.8 Å². The van der Waals surface area contributed by atoms with E-state index < -0.39 is 0 Å². The maximum atomic E-state index is 13.0. The smallest absolute Gasteiger partial charge is 0.123 e. The van der Waals surface area contributed by atoms with Crippen molar-refractivity contribution in [1.82, 2.24) is 9.88 Å². The topological polar surface area (TPSA) is 17.0 Å². The van der Waals surface area contributed by atoms with Gasteiger partial charge in [0.25, 0.3) is 0 Å². The molecule has 0 spiro atoms. The van der Waals surface area contributed by atoms with E-state index in [9.17, 15) is 4.39 Å². The van der Waals surface area contributed by atoms with Crippen LogP contribution in [0.25, 0.3) is 0 Å². The molecule has 0 radical (unpaired) electrons. The first-order valence-electron chi connectivity index (χ1n) is 7.30. The van der Waals surface area contributed by atoms with Crippen LogP contribution in [0.1, 0.15) is 30.2 Å². The highest BCUT2D eigenvalue weighted by molar-refractivity contribution is 5.26. The van der Waals surface area contributed by atoms with Crippen molar-refractivity contribution in [3.63, 3.8) is 0 Å². The molecule has 1 aromatic heterocycles. The summed E-state index contributed by atoms with van der Waals surface area (Å²) in [6, 6.07) is 9.27. The number of rotatable bonds is 7. The lowest BCUT2D eigenvalue weighted by Gasteiger charge is -2.10. The molecule has 2 aromatic rings. The molecule has 0 amide bonds. The van der Waals surface area contributed by atoms with E-state index in [1.807, 2.05) is 13.0 Å². The summed E-state index contributed by atoms with van der Waals surface area (Å²) in [5.41, 5.74) is 3.56. The largest absolute Gasteiger partial charge is 0.350 e. The zero-order valence-corrected chi connectivity index (χ0v) is 12.3. The Morgan fingerprint density at radius 3 is 2.85 bits per heavy atom. The second-order valence-corrected chi connectivity index (χ2v) is 5.19. The number of nitrogens with zero attached hydrogens (tertiary/aromatic N) is 1. The lowest BCUT2D eigenvalue weighted by molar-refractivity contribution is 0.601. The van der Waals surface area contributed by atoms with Crippen LogP contribution in [0.3, 0.4) is 0 Å². The molecular formula is C17H23FN2. The zero-order valence-electron chi connectivity index (χ0n) is 12.3. The minimum Gasteiger partial charge on any atom is -0.350 e. The summed E-state index contributed by atoms with van der Waals surface area (Å²) in [5, 5.41) is 3.46. The number of hydrogen-bond acceptors (Lipinski definition) is 1. The average molecular weight is 274 g/mol. The molecule has 0 unspecified atom stereocenters. The molecule has 0 saturated carbocycles. The number of aromatic nitrogens is 1.